The lowest BCUT2D eigenvalue weighted by Gasteiger charge is -1.87. The van der Waals surface area contributed by atoms with E-state index in [-0.39, 0.29) is 0 Å². The molecule has 1 aromatic rings. The number of rotatable bonds is 1. The number of hydrogen-bond acceptors (Lipinski definition) is 2. The van der Waals surface area contributed by atoms with E-state index in [0.717, 1.165) is 0 Å². The van der Waals surface area contributed by atoms with E-state index in [0.29, 0.717) is 0 Å². The standard InChI is InChI=1S/C6H5NO2/c8-6(9)5-2-1-3-7-4-5/h1-4H,(H,8,9)/i1D,2D,3D,4D. The lowest BCUT2D eigenvalue weighted by atomic mass is 10.3. The molecule has 0 aliphatic rings. The zero-order valence-corrected chi connectivity index (χ0v) is 4.30. The number of aromatic carboxylic acids is 1. The Morgan fingerprint density at radius 1 is 1.89 bits per heavy atom. The second-order valence-corrected chi connectivity index (χ2v) is 1.27. The van der Waals surface area contributed by atoms with E-state index >= 15 is 0 Å². The van der Waals surface area contributed by atoms with Crippen LogP contribution in [0, 0.1) is 0 Å². The van der Waals surface area contributed by atoms with Crippen molar-refractivity contribution >= 4 is 5.97 Å². The minimum absolute atomic E-state index is 0.556. The molecule has 0 atom stereocenters. The van der Waals surface area contributed by atoms with Crippen molar-refractivity contribution in [1.29, 1.82) is 0 Å². The summed E-state index contributed by atoms with van der Waals surface area (Å²) in [6.45, 7) is 0. The van der Waals surface area contributed by atoms with Gasteiger partial charge in [0.05, 0.1) is 11.0 Å². The van der Waals surface area contributed by atoms with Crippen LogP contribution >= 0.6 is 0 Å². The van der Waals surface area contributed by atoms with Crippen molar-refractivity contribution in [2.45, 2.75) is 0 Å². The van der Waals surface area contributed by atoms with Gasteiger partial charge in [0, 0.05) is 12.3 Å². The summed E-state index contributed by atoms with van der Waals surface area (Å²) in [5.74, 6) is -1.48. The first-order chi connectivity index (χ1) is 5.95. The first-order valence-corrected chi connectivity index (χ1v) is 2.12. The number of hydrogen-bond donors (Lipinski definition) is 1. The van der Waals surface area contributed by atoms with E-state index in [2.05, 4.69) is 4.98 Å². The quantitative estimate of drug-likeness (QED) is 0.606. The van der Waals surface area contributed by atoms with Crippen LogP contribution in [0.4, 0.5) is 0 Å². The van der Waals surface area contributed by atoms with Gasteiger partial charge in [0.15, 0.2) is 0 Å². The van der Waals surface area contributed by atoms with Crippen LogP contribution in [-0.4, -0.2) is 16.1 Å². The molecule has 0 amide bonds. The van der Waals surface area contributed by atoms with Gasteiger partial charge in [0.1, 0.15) is 0 Å². The largest absolute Gasteiger partial charge is 0.478 e. The molecule has 1 N–H and O–H groups in total. The van der Waals surface area contributed by atoms with Gasteiger partial charge in [-0.1, -0.05) is 0 Å². The minimum atomic E-state index is -1.48. The van der Waals surface area contributed by atoms with Gasteiger partial charge in [-0.2, -0.15) is 0 Å². The second kappa shape index (κ2) is 2.26. The van der Waals surface area contributed by atoms with Crippen molar-refractivity contribution < 1.29 is 15.4 Å². The molecule has 0 unspecified atom stereocenters. The average Bonchev–Trinajstić information content (AvgIpc) is 1.99. The Morgan fingerprint density at radius 2 is 2.67 bits per heavy atom. The van der Waals surface area contributed by atoms with Gasteiger partial charge in [-0.3, -0.25) is 4.98 Å². The number of pyridine rings is 1. The van der Waals surface area contributed by atoms with Crippen LogP contribution in [0.3, 0.4) is 0 Å². The molecule has 0 spiro atoms. The van der Waals surface area contributed by atoms with E-state index in [1.165, 1.54) is 0 Å². The molecule has 0 bridgehead atoms. The predicted octanol–water partition coefficient (Wildman–Crippen LogP) is 0.780. The number of aromatic nitrogens is 1. The average molecular weight is 127 g/mol. The van der Waals surface area contributed by atoms with Crippen molar-refractivity contribution in [3.8, 4) is 0 Å². The highest BCUT2D eigenvalue weighted by molar-refractivity contribution is 5.86. The van der Waals surface area contributed by atoms with Crippen molar-refractivity contribution in [2.75, 3.05) is 0 Å². The van der Waals surface area contributed by atoms with Crippen molar-refractivity contribution in [3.05, 3.63) is 30.0 Å². The third kappa shape index (κ3) is 1.25. The van der Waals surface area contributed by atoms with Gasteiger partial charge in [-0.05, 0) is 12.1 Å². The maximum absolute atomic E-state index is 10.5. The molecule has 46 valence electrons. The van der Waals surface area contributed by atoms with Gasteiger partial charge in [0.25, 0.3) is 0 Å². The van der Waals surface area contributed by atoms with Crippen LogP contribution in [0.25, 0.3) is 0 Å². The zero-order chi connectivity index (χ0) is 10.2. The molecule has 3 nitrogen and oxygen atoms in total. The van der Waals surface area contributed by atoms with Crippen LogP contribution in [0.15, 0.2) is 24.4 Å². The summed E-state index contributed by atoms with van der Waals surface area (Å²) in [5.41, 5.74) is -0.638. The number of carboxylic acid groups (broad SMARTS) is 1. The molecule has 1 rings (SSSR count). The van der Waals surface area contributed by atoms with E-state index in [9.17, 15) is 4.79 Å². The number of carbonyl (C=O) groups is 1. The van der Waals surface area contributed by atoms with E-state index in [1.54, 1.807) is 0 Å². The zero-order valence-electron chi connectivity index (χ0n) is 8.30. The van der Waals surface area contributed by atoms with Gasteiger partial charge >= 0.3 is 5.97 Å². The molecule has 0 aliphatic heterocycles. The number of carboxylic acids is 1. The van der Waals surface area contributed by atoms with E-state index in [4.69, 9.17) is 10.6 Å². The van der Waals surface area contributed by atoms with Gasteiger partial charge in [-0.25, -0.2) is 4.79 Å². The highest BCUT2D eigenvalue weighted by Gasteiger charge is 1.97. The fourth-order valence-electron chi connectivity index (χ4n) is 0.331. The molecule has 0 radical (unpaired) electrons. The molecule has 0 saturated heterocycles. The fourth-order valence-corrected chi connectivity index (χ4v) is 0.331. The highest BCUT2D eigenvalue weighted by Crippen LogP contribution is 1.92. The first-order valence-electron chi connectivity index (χ1n) is 4.12. The Labute approximate surface area is 57.6 Å². The lowest BCUT2D eigenvalue weighted by Crippen LogP contribution is -1.94. The fraction of sp³-hybridized carbons (Fsp3) is 0. The Bertz CT molecular complexity index is 379. The summed E-state index contributed by atoms with van der Waals surface area (Å²) in [6, 6.07) is -1.22. The van der Waals surface area contributed by atoms with Crippen molar-refractivity contribution in [2.24, 2.45) is 0 Å². The molecule has 0 fully saturated rings. The molecule has 1 aromatic heterocycles. The summed E-state index contributed by atoms with van der Waals surface area (Å²) in [6.07, 6.45) is -1.21. The van der Waals surface area contributed by atoms with Crippen LogP contribution < -0.4 is 0 Å². The predicted molar refractivity (Wildman–Crippen MR) is 31.2 cm³/mol. The molecular formula is C6H5NO2. The van der Waals surface area contributed by atoms with Gasteiger partial charge in [-0.15, -0.1) is 0 Å². The maximum atomic E-state index is 10.5. The van der Waals surface area contributed by atoms with E-state index in [1.807, 2.05) is 0 Å². The smallest absolute Gasteiger partial charge is 0.337 e. The topological polar surface area (TPSA) is 50.2 Å². The molecule has 0 aromatic carbocycles. The Morgan fingerprint density at radius 3 is 3.33 bits per heavy atom. The molecule has 0 aliphatic carbocycles. The maximum Gasteiger partial charge on any atom is 0.337 e. The number of nitrogens with zero attached hydrogens (tertiary/aromatic N) is 1. The third-order valence-electron chi connectivity index (χ3n) is 0.681. The summed E-state index contributed by atoms with van der Waals surface area (Å²) >= 11 is 0. The Kier molecular flexibility index (Phi) is 0.621. The van der Waals surface area contributed by atoms with Crippen LogP contribution in [-0.2, 0) is 0 Å². The first kappa shape index (κ1) is 2.47. The molecule has 9 heavy (non-hydrogen) atoms. The van der Waals surface area contributed by atoms with Gasteiger partial charge in [0.2, 0.25) is 0 Å². The summed E-state index contributed by atoms with van der Waals surface area (Å²) in [7, 11) is 0. The molecule has 1 heterocycles. The van der Waals surface area contributed by atoms with Crippen LogP contribution in [0.1, 0.15) is 15.8 Å². The molecule has 3 heteroatoms. The summed E-state index contributed by atoms with van der Waals surface area (Å²) in [5, 5.41) is 8.54. The highest BCUT2D eigenvalue weighted by atomic mass is 16.4. The normalized spacial score (nSPS) is 15.1. The van der Waals surface area contributed by atoms with Crippen molar-refractivity contribution in [1.82, 2.24) is 4.98 Å². The Hall–Kier alpha value is -1.38. The van der Waals surface area contributed by atoms with Crippen molar-refractivity contribution in [3.63, 3.8) is 0 Å². The van der Waals surface area contributed by atoms with Crippen LogP contribution in [0.2, 0.25) is 0 Å². The minimum Gasteiger partial charge on any atom is -0.478 e. The van der Waals surface area contributed by atoms with Crippen LogP contribution in [0.5, 0.6) is 0 Å². The SMILES string of the molecule is [2H]c1nc([2H])c(C(=O)O)c([2H])c1[2H]. The lowest BCUT2D eigenvalue weighted by molar-refractivity contribution is 0.0696. The summed E-state index contributed by atoms with van der Waals surface area (Å²) < 4.78 is 28.3. The second-order valence-electron chi connectivity index (χ2n) is 1.27. The monoisotopic (exact) mass is 127 g/mol. The molecule has 0 saturated carbocycles. The molecular weight excluding hydrogens is 118 g/mol. The third-order valence-corrected chi connectivity index (χ3v) is 0.681. The van der Waals surface area contributed by atoms with Gasteiger partial charge < -0.3 is 5.11 Å². The Balaban J connectivity index is 3.53. The van der Waals surface area contributed by atoms with E-state index < -0.39 is 36.0 Å². The summed E-state index contributed by atoms with van der Waals surface area (Å²) in [4.78, 5) is 13.7.